The molecule has 1 aliphatic heterocycles. The first-order valence-corrected chi connectivity index (χ1v) is 8.65. The number of methoxy groups -OCH3 is 1. The second kappa shape index (κ2) is 8.16. The summed E-state index contributed by atoms with van der Waals surface area (Å²) in [6.45, 7) is 5.83. The average molecular weight is 355 g/mol. The van der Waals surface area contributed by atoms with Gasteiger partial charge in [-0.1, -0.05) is 6.07 Å². The van der Waals surface area contributed by atoms with Crippen molar-refractivity contribution >= 4 is 15.9 Å². The molecule has 0 radical (unpaired) electrons. The van der Waals surface area contributed by atoms with E-state index in [1.807, 2.05) is 6.07 Å². The van der Waals surface area contributed by atoms with Gasteiger partial charge in [0.15, 0.2) is 0 Å². The maximum atomic E-state index is 5.28. The van der Waals surface area contributed by atoms with Crippen LogP contribution in [0.25, 0.3) is 0 Å². The standard InChI is InChI=1S/C17H27BrN2O/c1-13(15-4-5-17(21-3)16(18)12-15)19-9-6-14-7-10-20(2)11-8-14/h4-5,12-14,19H,6-11H2,1-3H3. The number of hydrogen-bond acceptors (Lipinski definition) is 3. The minimum Gasteiger partial charge on any atom is -0.496 e. The molecule has 0 aromatic heterocycles. The van der Waals surface area contributed by atoms with Crippen molar-refractivity contribution in [2.24, 2.45) is 5.92 Å². The van der Waals surface area contributed by atoms with Crippen LogP contribution in [0.5, 0.6) is 5.75 Å². The quantitative estimate of drug-likeness (QED) is 0.839. The van der Waals surface area contributed by atoms with Crippen LogP contribution in [0.15, 0.2) is 22.7 Å². The summed E-state index contributed by atoms with van der Waals surface area (Å²) in [5, 5.41) is 3.65. The Bertz CT molecular complexity index is 444. The molecule has 0 aliphatic carbocycles. The third-order valence-electron chi connectivity index (χ3n) is 4.52. The van der Waals surface area contributed by atoms with E-state index in [1.54, 1.807) is 7.11 Å². The monoisotopic (exact) mass is 354 g/mol. The van der Waals surface area contributed by atoms with E-state index in [0.717, 1.165) is 22.7 Å². The summed E-state index contributed by atoms with van der Waals surface area (Å²) in [4.78, 5) is 2.43. The highest BCUT2D eigenvalue weighted by Crippen LogP contribution is 2.28. The molecule has 0 amide bonds. The van der Waals surface area contributed by atoms with E-state index >= 15 is 0 Å². The molecule has 1 heterocycles. The molecule has 1 saturated heterocycles. The molecular formula is C17H27BrN2O. The number of benzene rings is 1. The fourth-order valence-electron chi connectivity index (χ4n) is 2.92. The van der Waals surface area contributed by atoms with E-state index in [0.29, 0.717) is 6.04 Å². The Hall–Kier alpha value is -0.580. The summed E-state index contributed by atoms with van der Waals surface area (Å²) in [6, 6.07) is 6.68. The number of nitrogens with zero attached hydrogens (tertiary/aromatic N) is 1. The number of halogens is 1. The zero-order valence-electron chi connectivity index (χ0n) is 13.4. The van der Waals surface area contributed by atoms with Gasteiger partial charge in [0.25, 0.3) is 0 Å². The summed E-state index contributed by atoms with van der Waals surface area (Å²) in [6.07, 6.45) is 3.98. The van der Waals surface area contributed by atoms with Crippen LogP contribution in [0.4, 0.5) is 0 Å². The van der Waals surface area contributed by atoms with Gasteiger partial charge in [0.1, 0.15) is 5.75 Å². The Morgan fingerprint density at radius 2 is 2.10 bits per heavy atom. The molecular weight excluding hydrogens is 328 g/mol. The molecule has 1 atom stereocenters. The summed E-state index contributed by atoms with van der Waals surface area (Å²) in [7, 11) is 3.92. The molecule has 1 aromatic rings. The van der Waals surface area contributed by atoms with Gasteiger partial charge in [-0.25, -0.2) is 0 Å². The SMILES string of the molecule is COc1ccc(C(C)NCCC2CCN(C)CC2)cc1Br. The number of piperidine rings is 1. The van der Waals surface area contributed by atoms with E-state index in [1.165, 1.54) is 37.9 Å². The number of ether oxygens (including phenoxy) is 1. The normalized spacial score (nSPS) is 18.7. The van der Waals surface area contributed by atoms with Crippen molar-refractivity contribution in [3.05, 3.63) is 28.2 Å². The fourth-order valence-corrected chi connectivity index (χ4v) is 3.48. The molecule has 1 N–H and O–H groups in total. The predicted molar refractivity (Wildman–Crippen MR) is 91.9 cm³/mol. The van der Waals surface area contributed by atoms with Crippen LogP contribution in [0.1, 0.15) is 37.8 Å². The Labute approximate surface area is 137 Å². The number of nitrogens with one attached hydrogen (secondary N) is 1. The van der Waals surface area contributed by atoms with Gasteiger partial charge in [0.2, 0.25) is 0 Å². The van der Waals surface area contributed by atoms with Crippen molar-refractivity contribution < 1.29 is 4.74 Å². The summed E-state index contributed by atoms with van der Waals surface area (Å²) in [5.74, 6) is 1.78. The molecule has 0 saturated carbocycles. The van der Waals surface area contributed by atoms with Crippen LogP contribution in [0.3, 0.4) is 0 Å². The lowest BCUT2D eigenvalue weighted by Gasteiger charge is -2.29. The third-order valence-corrected chi connectivity index (χ3v) is 5.14. The summed E-state index contributed by atoms with van der Waals surface area (Å²) < 4.78 is 6.30. The van der Waals surface area contributed by atoms with E-state index in [2.05, 4.69) is 52.3 Å². The highest BCUT2D eigenvalue weighted by molar-refractivity contribution is 9.10. The second-order valence-electron chi connectivity index (χ2n) is 6.11. The molecule has 21 heavy (non-hydrogen) atoms. The highest BCUT2D eigenvalue weighted by Gasteiger charge is 2.16. The molecule has 4 heteroatoms. The molecule has 1 fully saturated rings. The summed E-state index contributed by atoms with van der Waals surface area (Å²) in [5.41, 5.74) is 1.30. The van der Waals surface area contributed by atoms with Crippen molar-refractivity contribution in [2.75, 3.05) is 33.8 Å². The van der Waals surface area contributed by atoms with Crippen LogP contribution in [0.2, 0.25) is 0 Å². The number of rotatable bonds is 6. The molecule has 2 rings (SSSR count). The molecule has 0 spiro atoms. The topological polar surface area (TPSA) is 24.5 Å². The lowest BCUT2D eigenvalue weighted by molar-refractivity contribution is 0.211. The third kappa shape index (κ3) is 4.97. The van der Waals surface area contributed by atoms with E-state index in [9.17, 15) is 0 Å². The Kier molecular flexibility index (Phi) is 6.52. The van der Waals surface area contributed by atoms with Crippen LogP contribution in [-0.4, -0.2) is 38.7 Å². The first kappa shape index (κ1) is 16.8. The van der Waals surface area contributed by atoms with E-state index < -0.39 is 0 Å². The first-order chi connectivity index (χ1) is 10.1. The van der Waals surface area contributed by atoms with Gasteiger partial charge < -0.3 is 15.0 Å². The van der Waals surface area contributed by atoms with E-state index in [-0.39, 0.29) is 0 Å². The van der Waals surface area contributed by atoms with Gasteiger partial charge >= 0.3 is 0 Å². The minimum atomic E-state index is 0.374. The van der Waals surface area contributed by atoms with Crippen LogP contribution >= 0.6 is 15.9 Å². The lowest BCUT2D eigenvalue weighted by Crippen LogP contribution is -2.32. The first-order valence-electron chi connectivity index (χ1n) is 7.85. The van der Waals surface area contributed by atoms with Crippen molar-refractivity contribution in [3.63, 3.8) is 0 Å². The van der Waals surface area contributed by atoms with Crippen molar-refractivity contribution in [1.82, 2.24) is 10.2 Å². The average Bonchev–Trinajstić information content (AvgIpc) is 2.49. The van der Waals surface area contributed by atoms with Gasteiger partial charge in [0, 0.05) is 6.04 Å². The Morgan fingerprint density at radius 3 is 2.71 bits per heavy atom. The lowest BCUT2D eigenvalue weighted by atomic mass is 9.93. The van der Waals surface area contributed by atoms with Crippen LogP contribution < -0.4 is 10.1 Å². The zero-order valence-corrected chi connectivity index (χ0v) is 14.9. The van der Waals surface area contributed by atoms with Gasteiger partial charge in [-0.2, -0.15) is 0 Å². The second-order valence-corrected chi connectivity index (χ2v) is 6.96. The van der Waals surface area contributed by atoms with Gasteiger partial charge in [-0.3, -0.25) is 0 Å². The van der Waals surface area contributed by atoms with Gasteiger partial charge in [-0.05, 0) is 92.4 Å². The highest BCUT2D eigenvalue weighted by atomic mass is 79.9. The maximum Gasteiger partial charge on any atom is 0.133 e. The maximum absolute atomic E-state index is 5.28. The van der Waals surface area contributed by atoms with Crippen molar-refractivity contribution in [2.45, 2.75) is 32.2 Å². The van der Waals surface area contributed by atoms with Gasteiger partial charge in [-0.15, -0.1) is 0 Å². The largest absolute Gasteiger partial charge is 0.496 e. The van der Waals surface area contributed by atoms with Gasteiger partial charge in [0.05, 0.1) is 11.6 Å². The Balaban J connectivity index is 1.76. The smallest absolute Gasteiger partial charge is 0.133 e. The Morgan fingerprint density at radius 1 is 1.38 bits per heavy atom. The fraction of sp³-hybridized carbons (Fsp3) is 0.647. The molecule has 3 nitrogen and oxygen atoms in total. The molecule has 1 unspecified atom stereocenters. The minimum absolute atomic E-state index is 0.374. The van der Waals surface area contributed by atoms with Crippen molar-refractivity contribution in [1.29, 1.82) is 0 Å². The number of likely N-dealkylation sites (tertiary alicyclic amines) is 1. The molecule has 0 bridgehead atoms. The van der Waals surface area contributed by atoms with Crippen LogP contribution in [0, 0.1) is 5.92 Å². The zero-order chi connectivity index (χ0) is 15.2. The molecule has 1 aromatic carbocycles. The molecule has 1 aliphatic rings. The number of hydrogen-bond donors (Lipinski definition) is 1. The summed E-state index contributed by atoms with van der Waals surface area (Å²) >= 11 is 3.55. The predicted octanol–water partition coefficient (Wildman–Crippen LogP) is 3.84. The van der Waals surface area contributed by atoms with E-state index in [4.69, 9.17) is 4.74 Å². The van der Waals surface area contributed by atoms with Crippen molar-refractivity contribution in [3.8, 4) is 5.75 Å². The molecule has 118 valence electrons. The van der Waals surface area contributed by atoms with Crippen LogP contribution in [-0.2, 0) is 0 Å².